The van der Waals surface area contributed by atoms with Crippen LogP contribution < -0.4 is 0 Å². The lowest BCUT2D eigenvalue weighted by Gasteiger charge is -2.10. The molecule has 4 nitrogen and oxygen atoms in total. The highest BCUT2D eigenvalue weighted by molar-refractivity contribution is 6.09. The van der Waals surface area contributed by atoms with Gasteiger partial charge in [0.05, 0.1) is 0 Å². The lowest BCUT2D eigenvalue weighted by atomic mass is 9.96. The third-order valence-electron chi connectivity index (χ3n) is 8.75. The van der Waals surface area contributed by atoms with Crippen LogP contribution in [0.25, 0.3) is 77.4 Å². The van der Waals surface area contributed by atoms with Gasteiger partial charge in [0.15, 0.2) is 11.6 Å². The fourth-order valence-corrected chi connectivity index (χ4v) is 6.54. The molecule has 4 heteroatoms. The third kappa shape index (κ3) is 4.59. The van der Waals surface area contributed by atoms with Gasteiger partial charge in [-0.25, -0.2) is 15.0 Å². The van der Waals surface area contributed by atoms with E-state index in [1.807, 2.05) is 36.4 Å². The zero-order valence-corrected chi connectivity index (χ0v) is 24.9. The smallest absolute Gasteiger partial charge is 0.163 e. The van der Waals surface area contributed by atoms with Gasteiger partial charge >= 0.3 is 0 Å². The first-order chi connectivity index (χ1) is 22.8. The van der Waals surface area contributed by atoms with Crippen molar-refractivity contribution in [3.63, 3.8) is 0 Å². The van der Waals surface area contributed by atoms with E-state index >= 15 is 0 Å². The highest BCUT2D eigenvalue weighted by Crippen LogP contribution is 2.37. The van der Waals surface area contributed by atoms with Gasteiger partial charge < -0.3 is 4.42 Å². The maximum Gasteiger partial charge on any atom is 0.163 e. The Hall–Kier alpha value is -6.13. The van der Waals surface area contributed by atoms with Crippen LogP contribution in [0.5, 0.6) is 0 Å². The van der Waals surface area contributed by atoms with Gasteiger partial charge in [-0.15, -0.1) is 0 Å². The number of benzene rings is 7. The molecule has 2 aromatic heterocycles. The predicted octanol–water partition coefficient (Wildman–Crippen LogP) is 10.7. The van der Waals surface area contributed by atoms with Crippen LogP contribution in [-0.4, -0.2) is 15.0 Å². The molecule has 0 aliphatic carbocycles. The Kier molecular flexibility index (Phi) is 6.17. The van der Waals surface area contributed by atoms with Crippen LogP contribution in [0.2, 0.25) is 0 Å². The standard InChI is InChI=1S/C42H27N3O/c1-2-12-29(13-3-1)41-43-39(44-42(45-41)33-21-20-27-10-4-5-14-30(27)24-33)26-32-16-9-19-38-40(32)36-25-31(22-23-37(36)46-38)35-18-8-15-28-11-6-7-17-34(28)35/h1-25H,26H2. The maximum atomic E-state index is 6.38. The van der Waals surface area contributed by atoms with Crippen LogP contribution >= 0.6 is 0 Å². The third-order valence-corrected chi connectivity index (χ3v) is 8.75. The Morgan fingerprint density at radius 3 is 2.04 bits per heavy atom. The molecule has 9 rings (SSSR count). The largest absolute Gasteiger partial charge is 0.456 e. The number of fused-ring (bicyclic) bond motifs is 5. The maximum absolute atomic E-state index is 6.38. The molecule has 46 heavy (non-hydrogen) atoms. The molecule has 216 valence electrons. The van der Waals surface area contributed by atoms with Crippen LogP contribution in [0, 0.1) is 0 Å². The van der Waals surface area contributed by atoms with Gasteiger partial charge in [0.25, 0.3) is 0 Å². The van der Waals surface area contributed by atoms with Crippen LogP contribution in [0.4, 0.5) is 0 Å². The summed E-state index contributed by atoms with van der Waals surface area (Å²) in [6.45, 7) is 0. The van der Waals surface area contributed by atoms with Crippen molar-refractivity contribution in [2.24, 2.45) is 0 Å². The van der Waals surface area contributed by atoms with Crippen LogP contribution in [0.1, 0.15) is 11.4 Å². The molecular formula is C42H27N3O. The highest BCUT2D eigenvalue weighted by Gasteiger charge is 2.17. The van der Waals surface area contributed by atoms with Crippen molar-refractivity contribution in [1.29, 1.82) is 0 Å². The zero-order valence-electron chi connectivity index (χ0n) is 24.9. The first kappa shape index (κ1) is 26.3. The van der Waals surface area contributed by atoms with E-state index in [0.29, 0.717) is 23.9 Å². The summed E-state index contributed by atoms with van der Waals surface area (Å²) >= 11 is 0. The van der Waals surface area contributed by atoms with E-state index in [0.717, 1.165) is 49.6 Å². The molecular weight excluding hydrogens is 562 g/mol. The molecule has 0 unspecified atom stereocenters. The van der Waals surface area contributed by atoms with E-state index in [-0.39, 0.29) is 0 Å². The van der Waals surface area contributed by atoms with E-state index in [2.05, 4.69) is 115 Å². The molecule has 0 spiro atoms. The fourth-order valence-electron chi connectivity index (χ4n) is 6.54. The van der Waals surface area contributed by atoms with Crippen molar-refractivity contribution in [3.05, 3.63) is 163 Å². The second-order valence-corrected chi connectivity index (χ2v) is 11.6. The van der Waals surface area contributed by atoms with Crippen molar-refractivity contribution in [2.45, 2.75) is 6.42 Å². The van der Waals surface area contributed by atoms with E-state index in [9.17, 15) is 0 Å². The minimum Gasteiger partial charge on any atom is -0.456 e. The summed E-state index contributed by atoms with van der Waals surface area (Å²) in [4.78, 5) is 15.0. The average Bonchev–Trinajstić information content (AvgIpc) is 3.50. The Bertz CT molecular complexity index is 2560. The molecule has 0 atom stereocenters. The molecule has 0 bridgehead atoms. The molecule has 7 aromatic carbocycles. The quantitative estimate of drug-likeness (QED) is 0.200. The second kappa shape index (κ2) is 10.8. The second-order valence-electron chi connectivity index (χ2n) is 11.6. The van der Waals surface area contributed by atoms with Crippen molar-refractivity contribution in [3.8, 4) is 33.9 Å². The van der Waals surface area contributed by atoms with Crippen LogP contribution in [0.15, 0.2) is 156 Å². The van der Waals surface area contributed by atoms with Crippen LogP contribution in [0.3, 0.4) is 0 Å². The van der Waals surface area contributed by atoms with Crippen molar-refractivity contribution < 1.29 is 4.42 Å². The Labute approximate surface area is 265 Å². The molecule has 0 saturated heterocycles. The monoisotopic (exact) mass is 589 g/mol. The topological polar surface area (TPSA) is 51.8 Å². The zero-order chi connectivity index (χ0) is 30.5. The molecule has 0 saturated carbocycles. The number of nitrogens with zero attached hydrogens (tertiary/aromatic N) is 3. The Morgan fingerprint density at radius 2 is 1.15 bits per heavy atom. The molecule has 0 amide bonds. The van der Waals surface area contributed by atoms with Crippen molar-refractivity contribution in [1.82, 2.24) is 15.0 Å². The van der Waals surface area contributed by atoms with Gasteiger partial charge in [-0.1, -0.05) is 127 Å². The van der Waals surface area contributed by atoms with Gasteiger partial charge in [-0.05, 0) is 62.5 Å². The van der Waals surface area contributed by atoms with Crippen molar-refractivity contribution in [2.75, 3.05) is 0 Å². The number of hydrogen-bond acceptors (Lipinski definition) is 4. The first-order valence-corrected chi connectivity index (χ1v) is 15.5. The van der Waals surface area contributed by atoms with Crippen molar-refractivity contribution >= 4 is 43.5 Å². The summed E-state index contributed by atoms with van der Waals surface area (Å²) in [7, 11) is 0. The van der Waals surface area contributed by atoms with Gasteiger partial charge in [0, 0.05) is 28.3 Å². The first-order valence-electron chi connectivity index (χ1n) is 15.5. The van der Waals surface area contributed by atoms with Gasteiger partial charge in [0.1, 0.15) is 17.0 Å². The summed E-state index contributed by atoms with van der Waals surface area (Å²) in [5.74, 6) is 2.04. The van der Waals surface area contributed by atoms with E-state index < -0.39 is 0 Å². The number of rotatable bonds is 5. The number of furan rings is 1. The number of hydrogen-bond donors (Lipinski definition) is 0. The Balaban J connectivity index is 1.19. The lowest BCUT2D eigenvalue weighted by Crippen LogP contribution is -2.04. The highest BCUT2D eigenvalue weighted by atomic mass is 16.3. The minimum atomic E-state index is 0.535. The SMILES string of the molecule is c1ccc(-c2nc(Cc3cccc4oc5ccc(-c6cccc7ccccc67)cc5c34)nc(-c3ccc4ccccc4c3)n2)cc1. The Morgan fingerprint density at radius 1 is 0.435 bits per heavy atom. The summed E-state index contributed by atoms with van der Waals surface area (Å²) in [5, 5.41) is 6.98. The molecule has 2 heterocycles. The lowest BCUT2D eigenvalue weighted by molar-refractivity contribution is 0.668. The molecule has 0 fully saturated rings. The van der Waals surface area contributed by atoms with Crippen LogP contribution in [-0.2, 0) is 6.42 Å². The number of aromatic nitrogens is 3. The molecule has 0 aliphatic heterocycles. The fraction of sp³-hybridized carbons (Fsp3) is 0.0238. The summed E-state index contributed by atoms with van der Waals surface area (Å²) in [6, 6.07) is 52.6. The normalized spacial score (nSPS) is 11.6. The molecule has 0 aliphatic rings. The van der Waals surface area contributed by atoms with Gasteiger partial charge in [-0.2, -0.15) is 0 Å². The minimum absolute atomic E-state index is 0.535. The molecule has 0 radical (unpaired) electrons. The summed E-state index contributed by atoms with van der Waals surface area (Å²) < 4.78 is 6.38. The summed E-state index contributed by atoms with van der Waals surface area (Å²) in [6.07, 6.45) is 0.535. The summed E-state index contributed by atoms with van der Waals surface area (Å²) in [5.41, 5.74) is 7.12. The molecule has 0 N–H and O–H groups in total. The van der Waals surface area contributed by atoms with Gasteiger partial charge in [-0.3, -0.25) is 0 Å². The van der Waals surface area contributed by atoms with Gasteiger partial charge in [0.2, 0.25) is 0 Å². The average molecular weight is 590 g/mol. The van der Waals surface area contributed by atoms with E-state index in [1.54, 1.807) is 0 Å². The molecule has 9 aromatic rings. The van der Waals surface area contributed by atoms with E-state index in [1.165, 1.54) is 21.7 Å². The predicted molar refractivity (Wildman–Crippen MR) is 188 cm³/mol. The van der Waals surface area contributed by atoms with E-state index in [4.69, 9.17) is 19.4 Å².